The lowest BCUT2D eigenvalue weighted by molar-refractivity contribution is 0.240. The van der Waals surface area contributed by atoms with E-state index in [0.29, 0.717) is 11.7 Å². The lowest BCUT2D eigenvalue weighted by Crippen LogP contribution is -2.39. The summed E-state index contributed by atoms with van der Waals surface area (Å²) < 4.78 is 0. The number of pyridine rings is 1. The number of nitrogens with one attached hydrogen (secondary N) is 1. The fourth-order valence-corrected chi connectivity index (χ4v) is 2.11. The molecule has 4 N–H and O–H groups in total. The van der Waals surface area contributed by atoms with Gasteiger partial charge >= 0.3 is 0 Å². The van der Waals surface area contributed by atoms with Crippen LogP contribution in [0.15, 0.2) is 23.5 Å². The van der Waals surface area contributed by atoms with Gasteiger partial charge in [0.15, 0.2) is 5.84 Å². The largest absolute Gasteiger partial charge is 0.409 e. The van der Waals surface area contributed by atoms with E-state index in [9.17, 15) is 0 Å². The van der Waals surface area contributed by atoms with Crippen LogP contribution in [0.4, 0.5) is 0 Å². The van der Waals surface area contributed by atoms with Gasteiger partial charge in [-0.25, -0.2) is 0 Å². The molecule has 0 atom stereocenters. The van der Waals surface area contributed by atoms with E-state index >= 15 is 0 Å². The Kier molecular flexibility index (Phi) is 3.58. The van der Waals surface area contributed by atoms with E-state index in [-0.39, 0.29) is 5.84 Å². The van der Waals surface area contributed by atoms with Crippen molar-refractivity contribution >= 4 is 5.84 Å². The molecule has 1 aromatic rings. The summed E-state index contributed by atoms with van der Waals surface area (Å²) in [5.41, 5.74) is 7.10. The van der Waals surface area contributed by atoms with Crippen molar-refractivity contribution in [1.29, 1.82) is 0 Å². The van der Waals surface area contributed by atoms with Crippen LogP contribution >= 0.6 is 0 Å². The number of hydrogen-bond acceptors (Lipinski definition) is 4. The van der Waals surface area contributed by atoms with E-state index in [2.05, 4.69) is 22.4 Å². The molecule has 1 heterocycles. The summed E-state index contributed by atoms with van der Waals surface area (Å²) >= 11 is 0. The predicted molar refractivity (Wildman–Crippen MR) is 65.8 cm³/mol. The van der Waals surface area contributed by atoms with Crippen molar-refractivity contribution < 1.29 is 5.21 Å². The average Bonchev–Trinajstić information content (AvgIpc) is 2.32. The second-order valence-electron chi connectivity index (χ2n) is 4.69. The first-order valence-corrected chi connectivity index (χ1v) is 5.85. The zero-order chi connectivity index (χ0) is 12.3. The van der Waals surface area contributed by atoms with Gasteiger partial charge in [-0.05, 0) is 36.5 Å². The smallest absolute Gasteiger partial charge is 0.188 e. The summed E-state index contributed by atoms with van der Waals surface area (Å²) in [7, 11) is 0. The summed E-state index contributed by atoms with van der Waals surface area (Å²) in [6.07, 6.45) is 4.17. The summed E-state index contributed by atoms with van der Waals surface area (Å²) in [5.74, 6) is 0.891. The number of oxime groups is 1. The van der Waals surface area contributed by atoms with Crippen LogP contribution in [0.2, 0.25) is 0 Å². The minimum absolute atomic E-state index is 0.0455. The van der Waals surface area contributed by atoms with E-state index in [4.69, 9.17) is 10.9 Å². The number of rotatable bonds is 4. The summed E-state index contributed by atoms with van der Waals surface area (Å²) in [5, 5.41) is 15.0. The van der Waals surface area contributed by atoms with Crippen LogP contribution in [-0.2, 0) is 6.54 Å². The van der Waals surface area contributed by atoms with Crippen molar-refractivity contribution in [1.82, 2.24) is 10.3 Å². The third-order valence-corrected chi connectivity index (χ3v) is 3.16. The second kappa shape index (κ2) is 5.14. The third kappa shape index (κ3) is 2.94. The van der Waals surface area contributed by atoms with Gasteiger partial charge in [-0.2, -0.15) is 0 Å². The van der Waals surface area contributed by atoms with Crippen LogP contribution in [0.3, 0.4) is 0 Å². The molecule has 0 unspecified atom stereocenters. The Morgan fingerprint density at radius 1 is 1.65 bits per heavy atom. The standard InChI is InChI=1S/C12H18N4O/c1-8-4-10(5-8)15-7-9-2-3-14-11(6-9)12(13)16-17/h2-3,6,8,10,15,17H,4-5,7H2,1H3,(H2,13,16). The van der Waals surface area contributed by atoms with Crippen molar-refractivity contribution in [2.45, 2.75) is 32.4 Å². The molecular formula is C12H18N4O. The van der Waals surface area contributed by atoms with Crippen molar-refractivity contribution in [2.75, 3.05) is 0 Å². The SMILES string of the molecule is CC1CC(NCc2ccnc(/C(N)=N/O)c2)C1. The summed E-state index contributed by atoms with van der Waals surface area (Å²) in [4.78, 5) is 4.04. The highest BCUT2D eigenvalue weighted by molar-refractivity contribution is 5.95. The molecule has 5 heteroatoms. The van der Waals surface area contributed by atoms with Crippen LogP contribution in [0.5, 0.6) is 0 Å². The minimum Gasteiger partial charge on any atom is -0.409 e. The number of nitrogens with two attached hydrogens (primary N) is 1. The van der Waals surface area contributed by atoms with Crippen LogP contribution in [0, 0.1) is 5.92 Å². The molecule has 0 amide bonds. The zero-order valence-electron chi connectivity index (χ0n) is 9.93. The highest BCUT2D eigenvalue weighted by Crippen LogP contribution is 2.26. The maximum atomic E-state index is 8.58. The molecule has 5 nitrogen and oxygen atoms in total. The van der Waals surface area contributed by atoms with Gasteiger partial charge in [0.25, 0.3) is 0 Å². The highest BCUT2D eigenvalue weighted by atomic mass is 16.4. The second-order valence-corrected chi connectivity index (χ2v) is 4.69. The molecule has 0 radical (unpaired) electrons. The van der Waals surface area contributed by atoms with Crippen LogP contribution in [0.1, 0.15) is 31.0 Å². The van der Waals surface area contributed by atoms with Crippen molar-refractivity contribution in [3.8, 4) is 0 Å². The van der Waals surface area contributed by atoms with Crippen LogP contribution in [-0.4, -0.2) is 22.1 Å². The molecule has 2 rings (SSSR count). The first kappa shape index (κ1) is 11.9. The predicted octanol–water partition coefficient (Wildman–Crippen LogP) is 1.06. The summed E-state index contributed by atoms with van der Waals surface area (Å²) in [6.45, 7) is 3.06. The maximum Gasteiger partial charge on any atom is 0.188 e. The Balaban J connectivity index is 1.92. The van der Waals surface area contributed by atoms with E-state index < -0.39 is 0 Å². The fraction of sp³-hybridized carbons (Fsp3) is 0.500. The van der Waals surface area contributed by atoms with Gasteiger partial charge in [-0.1, -0.05) is 12.1 Å². The monoisotopic (exact) mass is 234 g/mol. The number of nitrogens with zero attached hydrogens (tertiary/aromatic N) is 2. The molecular weight excluding hydrogens is 216 g/mol. The third-order valence-electron chi connectivity index (χ3n) is 3.16. The molecule has 17 heavy (non-hydrogen) atoms. The van der Waals surface area contributed by atoms with E-state index in [0.717, 1.165) is 18.0 Å². The Labute approximate surface area is 101 Å². The van der Waals surface area contributed by atoms with Gasteiger partial charge < -0.3 is 16.3 Å². The van der Waals surface area contributed by atoms with E-state index in [1.54, 1.807) is 6.20 Å². The van der Waals surface area contributed by atoms with Crippen LogP contribution < -0.4 is 11.1 Å². The molecule has 1 aliphatic rings. The van der Waals surface area contributed by atoms with Crippen LogP contribution in [0.25, 0.3) is 0 Å². The lowest BCUT2D eigenvalue weighted by Gasteiger charge is -2.33. The molecule has 0 aliphatic heterocycles. The van der Waals surface area contributed by atoms with Crippen molar-refractivity contribution in [3.05, 3.63) is 29.6 Å². The highest BCUT2D eigenvalue weighted by Gasteiger charge is 2.24. The molecule has 1 saturated carbocycles. The zero-order valence-corrected chi connectivity index (χ0v) is 9.93. The molecule has 0 bridgehead atoms. The molecule has 0 saturated heterocycles. The van der Waals surface area contributed by atoms with Gasteiger partial charge in [-0.3, -0.25) is 4.98 Å². The van der Waals surface area contributed by atoms with Gasteiger partial charge in [-0.15, -0.1) is 0 Å². The van der Waals surface area contributed by atoms with E-state index in [1.165, 1.54) is 12.8 Å². The first-order valence-electron chi connectivity index (χ1n) is 5.85. The molecule has 0 aromatic carbocycles. The van der Waals surface area contributed by atoms with E-state index in [1.807, 2.05) is 12.1 Å². The van der Waals surface area contributed by atoms with Gasteiger partial charge in [0.1, 0.15) is 5.69 Å². The number of amidine groups is 1. The summed E-state index contributed by atoms with van der Waals surface area (Å²) in [6, 6.07) is 4.40. The molecule has 1 aliphatic carbocycles. The topological polar surface area (TPSA) is 83.5 Å². The molecule has 92 valence electrons. The quantitative estimate of drug-likeness (QED) is 0.315. The van der Waals surface area contributed by atoms with Crippen molar-refractivity contribution in [3.63, 3.8) is 0 Å². The Bertz CT molecular complexity index is 413. The minimum atomic E-state index is 0.0455. The average molecular weight is 234 g/mol. The molecule has 0 spiro atoms. The van der Waals surface area contributed by atoms with Gasteiger partial charge in [0.05, 0.1) is 0 Å². The Morgan fingerprint density at radius 3 is 3.06 bits per heavy atom. The van der Waals surface area contributed by atoms with Crippen molar-refractivity contribution in [2.24, 2.45) is 16.8 Å². The normalized spacial score (nSPS) is 24.4. The molecule has 1 fully saturated rings. The van der Waals surface area contributed by atoms with Gasteiger partial charge in [0.2, 0.25) is 0 Å². The number of aromatic nitrogens is 1. The Morgan fingerprint density at radius 2 is 2.41 bits per heavy atom. The first-order chi connectivity index (χ1) is 8.19. The molecule has 1 aromatic heterocycles. The maximum absolute atomic E-state index is 8.58. The van der Waals surface area contributed by atoms with Gasteiger partial charge in [0, 0.05) is 18.8 Å². The number of hydrogen-bond donors (Lipinski definition) is 3. The lowest BCUT2D eigenvalue weighted by atomic mass is 9.82. The fourth-order valence-electron chi connectivity index (χ4n) is 2.11. The Hall–Kier alpha value is -1.62.